The fourth-order valence-electron chi connectivity index (χ4n) is 2.89. The molecule has 0 bridgehead atoms. The predicted molar refractivity (Wildman–Crippen MR) is 121 cm³/mol. The van der Waals surface area contributed by atoms with Gasteiger partial charge in [-0.2, -0.15) is 0 Å². The van der Waals surface area contributed by atoms with Gasteiger partial charge in [0.2, 0.25) is 5.91 Å². The first-order valence-electron chi connectivity index (χ1n) is 9.83. The molecule has 1 N–H and O–H groups in total. The van der Waals surface area contributed by atoms with E-state index >= 15 is 0 Å². The molecular formula is C23H27N5OS. The number of nitrogens with zero attached hydrogens (tertiary/aromatic N) is 4. The van der Waals surface area contributed by atoms with Crippen LogP contribution in [-0.4, -0.2) is 31.4 Å². The van der Waals surface area contributed by atoms with Crippen molar-refractivity contribution in [2.75, 3.05) is 5.75 Å². The van der Waals surface area contributed by atoms with Gasteiger partial charge < -0.3 is 5.32 Å². The van der Waals surface area contributed by atoms with E-state index in [0.717, 1.165) is 17.1 Å². The maximum Gasteiger partial charge on any atom is 0.230 e. The summed E-state index contributed by atoms with van der Waals surface area (Å²) in [5.74, 6) is 0.951. The Morgan fingerprint density at radius 3 is 2.57 bits per heavy atom. The first-order valence-corrected chi connectivity index (χ1v) is 10.8. The molecule has 0 atom stereocenters. The van der Waals surface area contributed by atoms with Gasteiger partial charge in [-0.3, -0.25) is 14.3 Å². The highest BCUT2D eigenvalue weighted by molar-refractivity contribution is 7.99. The standard InChI is InChI=1S/C23H27N5OS/c1-5-14-28-21(17-9-11-18(12-10-17)23(2,3)4)26-27-22(28)30-16-20(29)25-15-19-8-6-7-13-24-19/h5-13H,1,14-16H2,2-4H3,(H,25,29). The molecule has 2 aromatic heterocycles. The molecule has 0 radical (unpaired) electrons. The largest absolute Gasteiger partial charge is 0.350 e. The molecule has 30 heavy (non-hydrogen) atoms. The number of nitrogens with one attached hydrogen (secondary N) is 1. The normalized spacial score (nSPS) is 11.3. The van der Waals surface area contributed by atoms with E-state index in [-0.39, 0.29) is 17.1 Å². The number of amides is 1. The molecule has 0 spiro atoms. The van der Waals surface area contributed by atoms with E-state index in [1.807, 2.05) is 28.8 Å². The molecular weight excluding hydrogens is 394 g/mol. The SMILES string of the molecule is C=CCn1c(SCC(=O)NCc2ccccn2)nnc1-c1ccc(C(C)(C)C)cc1. The molecule has 3 rings (SSSR count). The Kier molecular flexibility index (Phi) is 7.05. The first kappa shape index (κ1) is 21.8. The van der Waals surface area contributed by atoms with Crippen LogP contribution in [0.1, 0.15) is 32.0 Å². The molecule has 6 nitrogen and oxygen atoms in total. The van der Waals surface area contributed by atoms with Gasteiger partial charge in [0.15, 0.2) is 11.0 Å². The number of hydrogen-bond acceptors (Lipinski definition) is 5. The quantitative estimate of drug-likeness (QED) is 0.435. The highest BCUT2D eigenvalue weighted by atomic mass is 32.2. The Labute approximate surface area is 181 Å². The molecule has 1 aromatic carbocycles. The van der Waals surface area contributed by atoms with Crippen LogP contribution in [0.15, 0.2) is 66.5 Å². The highest BCUT2D eigenvalue weighted by Crippen LogP contribution is 2.27. The number of hydrogen-bond donors (Lipinski definition) is 1. The van der Waals surface area contributed by atoms with Gasteiger partial charge in [0, 0.05) is 18.3 Å². The number of carbonyl (C=O) groups excluding carboxylic acids is 1. The number of aromatic nitrogens is 4. The van der Waals surface area contributed by atoms with Gasteiger partial charge >= 0.3 is 0 Å². The van der Waals surface area contributed by atoms with Crippen molar-refractivity contribution in [3.05, 3.63) is 72.6 Å². The van der Waals surface area contributed by atoms with Gasteiger partial charge in [0.1, 0.15) is 0 Å². The summed E-state index contributed by atoms with van der Waals surface area (Å²) < 4.78 is 1.98. The summed E-state index contributed by atoms with van der Waals surface area (Å²) in [5.41, 5.74) is 3.17. The molecule has 0 aliphatic heterocycles. The van der Waals surface area contributed by atoms with Crippen molar-refractivity contribution in [2.24, 2.45) is 0 Å². The summed E-state index contributed by atoms with van der Waals surface area (Å²) in [4.78, 5) is 16.4. The van der Waals surface area contributed by atoms with E-state index in [9.17, 15) is 4.79 Å². The third kappa shape index (κ3) is 5.57. The van der Waals surface area contributed by atoms with Crippen LogP contribution in [0.25, 0.3) is 11.4 Å². The van der Waals surface area contributed by atoms with Gasteiger partial charge in [-0.05, 0) is 23.1 Å². The van der Waals surface area contributed by atoms with E-state index in [2.05, 4.69) is 72.1 Å². The van der Waals surface area contributed by atoms with Crippen molar-refractivity contribution in [3.8, 4) is 11.4 Å². The first-order chi connectivity index (χ1) is 14.4. The Bertz CT molecular complexity index is 991. The Balaban J connectivity index is 1.68. The van der Waals surface area contributed by atoms with Crippen molar-refractivity contribution in [1.29, 1.82) is 0 Å². The fraction of sp³-hybridized carbons (Fsp3) is 0.304. The summed E-state index contributed by atoms with van der Waals surface area (Å²) in [5, 5.41) is 12.3. The summed E-state index contributed by atoms with van der Waals surface area (Å²) in [6.07, 6.45) is 3.52. The van der Waals surface area contributed by atoms with Crippen LogP contribution < -0.4 is 5.32 Å². The minimum Gasteiger partial charge on any atom is -0.350 e. The zero-order valence-electron chi connectivity index (χ0n) is 17.6. The fourth-order valence-corrected chi connectivity index (χ4v) is 3.67. The van der Waals surface area contributed by atoms with Crippen LogP contribution in [0, 0.1) is 0 Å². The van der Waals surface area contributed by atoms with Crippen LogP contribution in [-0.2, 0) is 23.3 Å². The van der Waals surface area contributed by atoms with Crippen molar-refractivity contribution >= 4 is 17.7 Å². The Morgan fingerprint density at radius 1 is 1.17 bits per heavy atom. The molecule has 0 saturated carbocycles. The lowest BCUT2D eigenvalue weighted by molar-refractivity contribution is -0.118. The Hall–Kier alpha value is -2.93. The average molecular weight is 422 g/mol. The Morgan fingerprint density at radius 2 is 1.93 bits per heavy atom. The third-order valence-corrected chi connectivity index (χ3v) is 5.53. The minimum absolute atomic E-state index is 0.0742. The van der Waals surface area contributed by atoms with E-state index in [4.69, 9.17) is 0 Å². The monoisotopic (exact) mass is 421 g/mol. The minimum atomic E-state index is -0.0742. The zero-order chi connectivity index (χ0) is 21.6. The smallest absolute Gasteiger partial charge is 0.230 e. The van der Waals surface area contributed by atoms with Crippen molar-refractivity contribution in [2.45, 2.75) is 44.4 Å². The molecule has 0 fully saturated rings. The van der Waals surface area contributed by atoms with Gasteiger partial charge in [-0.1, -0.05) is 68.9 Å². The van der Waals surface area contributed by atoms with Crippen LogP contribution in [0.3, 0.4) is 0 Å². The predicted octanol–water partition coefficient (Wildman–Crippen LogP) is 4.23. The molecule has 7 heteroatoms. The zero-order valence-corrected chi connectivity index (χ0v) is 18.4. The van der Waals surface area contributed by atoms with E-state index < -0.39 is 0 Å². The number of pyridine rings is 1. The molecule has 2 heterocycles. The van der Waals surface area contributed by atoms with Crippen molar-refractivity contribution in [1.82, 2.24) is 25.1 Å². The van der Waals surface area contributed by atoms with E-state index in [0.29, 0.717) is 18.2 Å². The molecule has 156 valence electrons. The van der Waals surface area contributed by atoms with Gasteiger partial charge in [-0.25, -0.2) is 0 Å². The summed E-state index contributed by atoms with van der Waals surface area (Å²) in [7, 11) is 0. The van der Waals surface area contributed by atoms with Crippen molar-refractivity contribution in [3.63, 3.8) is 0 Å². The number of carbonyl (C=O) groups is 1. The second-order valence-corrected chi connectivity index (χ2v) is 8.86. The summed E-state index contributed by atoms with van der Waals surface area (Å²) in [6.45, 7) is 11.4. The highest BCUT2D eigenvalue weighted by Gasteiger charge is 2.17. The lowest BCUT2D eigenvalue weighted by atomic mass is 9.87. The number of rotatable bonds is 8. The van der Waals surface area contributed by atoms with Crippen LogP contribution >= 0.6 is 11.8 Å². The van der Waals surface area contributed by atoms with E-state index in [1.54, 1.807) is 6.20 Å². The second kappa shape index (κ2) is 9.71. The number of benzene rings is 1. The summed E-state index contributed by atoms with van der Waals surface area (Å²) >= 11 is 1.36. The lowest BCUT2D eigenvalue weighted by Crippen LogP contribution is -2.25. The lowest BCUT2D eigenvalue weighted by Gasteiger charge is -2.19. The number of thioether (sulfide) groups is 1. The molecule has 0 aliphatic rings. The van der Waals surface area contributed by atoms with Crippen LogP contribution in [0.4, 0.5) is 0 Å². The molecule has 0 aliphatic carbocycles. The van der Waals surface area contributed by atoms with Crippen LogP contribution in [0.5, 0.6) is 0 Å². The molecule has 0 unspecified atom stereocenters. The van der Waals surface area contributed by atoms with E-state index in [1.165, 1.54) is 17.3 Å². The molecule has 1 amide bonds. The maximum atomic E-state index is 12.2. The van der Waals surface area contributed by atoms with Gasteiger partial charge in [0.25, 0.3) is 0 Å². The van der Waals surface area contributed by atoms with Gasteiger partial charge in [-0.15, -0.1) is 16.8 Å². The average Bonchev–Trinajstić information content (AvgIpc) is 3.14. The second-order valence-electron chi connectivity index (χ2n) is 7.92. The topological polar surface area (TPSA) is 72.7 Å². The maximum absolute atomic E-state index is 12.2. The van der Waals surface area contributed by atoms with Crippen molar-refractivity contribution < 1.29 is 4.79 Å². The van der Waals surface area contributed by atoms with Gasteiger partial charge in [0.05, 0.1) is 18.0 Å². The molecule has 3 aromatic rings. The third-order valence-electron chi connectivity index (χ3n) is 4.56. The summed E-state index contributed by atoms with van der Waals surface area (Å²) in [6, 6.07) is 14.0. The van der Waals surface area contributed by atoms with Crippen LogP contribution in [0.2, 0.25) is 0 Å². The number of allylic oxidation sites excluding steroid dienone is 1. The molecule has 0 saturated heterocycles.